The third kappa shape index (κ3) is 4.83. The molecule has 0 amide bonds. The first kappa shape index (κ1) is 22.2. The summed E-state index contributed by atoms with van der Waals surface area (Å²) in [6, 6.07) is 8.74. The number of benzene rings is 2. The van der Waals surface area contributed by atoms with Crippen LogP contribution in [0.2, 0.25) is 0 Å². The van der Waals surface area contributed by atoms with Crippen LogP contribution in [-0.2, 0) is 24.3 Å². The van der Waals surface area contributed by atoms with Crippen molar-refractivity contribution in [3.63, 3.8) is 0 Å². The Morgan fingerprint density at radius 3 is 2.38 bits per heavy atom. The predicted molar refractivity (Wildman–Crippen MR) is 102 cm³/mol. The van der Waals surface area contributed by atoms with Crippen LogP contribution in [0, 0.1) is 5.82 Å². The van der Waals surface area contributed by atoms with Gasteiger partial charge in [0, 0.05) is 0 Å². The number of esters is 2. The number of carbonyl (C=O) groups is 2. The molecule has 2 aromatic carbocycles. The summed E-state index contributed by atoms with van der Waals surface area (Å²) in [6.45, 7) is 0.873. The Morgan fingerprint density at radius 1 is 1.10 bits per heavy atom. The molecule has 0 saturated heterocycles. The number of anilines is 1. The molecule has 0 atom stereocenters. The molecular weight excluding hydrogens is 405 g/mol. The van der Waals surface area contributed by atoms with Crippen LogP contribution in [0.5, 0.6) is 5.75 Å². The zero-order valence-electron chi connectivity index (χ0n) is 16.0. The maximum absolute atomic E-state index is 14.1. The van der Waals surface area contributed by atoms with Gasteiger partial charge < -0.3 is 14.2 Å². The first-order chi connectivity index (χ1) is 13.8. The van der Waals surface area contributed by atoms with Crippen molar-refractivity contribution in [1.82, 2.24) is 0 Å². The Bertz CT molecular complexity index is 1010. The molecule has 2 rings (SSSR count). The van der Waals surface area contributed by atoms with Crippen molar-refractivity contribution in [3.05, 3.63) is 53.8 Å². The second-order valence-corrected chi connectivity index (χ2v) is 7.48. The summed E-state index contributed by atoms with van der Waals surface area (Å²) in [4.78, 5) is 23.8. The lowest BCUT2D eigenvalue weighted by atomic mass is 10.2. The van der Waals surface area contributed by atoms with Crippen LogP contribution in [0.4, 0.5) is 10.1 Å². The molecule has 156 valence electrons. The van der Waals surface area contributed by atoms with E-state index in [2.05, 4.69) is 0 Å². The van der Waals surface area contributed by atoms with E-state index in [4.69, 9.17) is 14.2 Å². The number of nitrogens with zero attached hydrogens (tertiary/aromatic N) is 1. The van der Waals surface area contributed by atoms with E-state index in [1.165, 1.54) is 31.4 Å². The van der Waals surface area contributed by atoms with Gasteiger partial charge in [-0.05, 0) is 37.3 Å². The van der Waals surface area contributed by atoms with Crippen LogP contribution in [0.25, 0.3) is 0 Å². The first-order valence-electron chi connectivity index (χ1n) is 8.45. The molecule has 10 heteroatoms. The number of para-hydroxylation sites is 1. The van der Waals surface area contributed by atoms with Gasteiger partial charge >= 0.3 is 11.9 Å². The summed E-state index contributed by atoms with van der Waals surface area (Å²) in [5, 5.41) is 0. The molecule has 0 aliphatic rings. The maximum Gasteiger partial charge on any atom is 0.340 e. The van der Waals surface area contributed by atoms with E-state index in [1.54, 1.807) is 6.92 Å². The summed E-state index contributed by atoms with van der Waals surface area (Å²) in [7, 11) is -2.07. The minimum atomic E-state index is -4.45. The van der Waals surface area contributed by atoms with E-state index in [-0.39, 0.29) is 23.6 Å². The molecule has 8 nitrogen and oxygen atoms in total. The summed E-state index contributed by atoms with van der Waals surface area (Å²) in [5.41, 5.74) is -0.194. The zero-order valence-corrected chi connectivity index (χ0v) is 16.9. The molecule has 0 N–H and O–H groups in total. The molecule has 0 unspecified atom stereocenters. The Kier molecular flexibility index (Phi) is 7.16. The molecule has 0 fully saturated rings. The lowest BCUT2D eigenvalue weighted by Crippen LogP contribution is -2.37. The van der Waals surface area contributed by atoms with Crippen molar-refractivity contribution >= 4 is 27.6 Å². The number of hydrogen-bond donors (Lipinski definition) is 0. The van der Waals surface area contributed by atoms with E-state index in [9.17, 15) is 22.4 Å². The lowest BCUT2D eigenvalue weighted by molar-refractivity contribution is -0.141. The molecule has 0 heterocycles. The lowest BCUT2D eigenvalue weighted by Gasteiger charge is -2.25. The number of sulfonamides is 1. The van der Waals surface area contributed by atoms with Crippen molar-refractivity contribution < 1.29 is 36.6 Å². The summed E-state index contributed by atoms with van der Waals surface area (Å²) < 4.78 is 55.6. The third-order valence-corrected chi connectivity index (χ3v) is 5.62. The van der Waals surface area contributed by atoms with Crippen LogP contribution >= 0.6 is 0 Å². The molecule has 0 spiro atoms. The topological polar surface area (TPSA) is 99.2 Å². The quantitative estimate of drug-likeness (QED) is 0.599. The maximum atomic E-state index is 14.1. The molecule has 29 heavy (non-hydrogen) atoms. The summed E-state index contributed by atoms with van der Waals surface area (Å²) in [5.74, 6) is -2.68. The van der Waals surface area contributed by atoms with Gasteiger partial charge in [-0.15, -0.1) is 0 Å². The molecule has 0 radical (unpaired) electrons. The molecule has 2 aromatic rings. The van der Waals surface area contributed by atoms with Crippen molar-refractivity contribution in [2.75, 3.05) is 31.7 Å². The van der Waals surface area contributed by atoms with Crippen molar-refractivity contribution in [2.45, 2.75) is 11.8 Å². The standard InChI is InChI=1S/C19H20FNO7S/c1-4-28-18(22)12-21(16-8-6-5-7-14(16)19(23)27-3)29(24,25)13-9-10-17(26-2)15(20)11-13/h5-11H,4,12H2,1-3H3. The van der Waals surface area contributed by atoms with E-state index in [1.807, 2.05) is 0 Å². The highest BCUT2D eigenvalue weighted by Gasteiger charge is 2.31. The average Bonchev–Trinajstić information content (AvgIpc) is 2.71. The van der Waals surface area contributed by atoms with Gasteiger partial charge in [0.25, 0.3) is 10.0 Å². The Balaban J connectivity index is 2.64. The number of rotatable bonds is 8. The summed E-state index contributed by atoms with van der Waals surface area (Å²) in [6.07, 6.45) is 0. The highest BCUT2D eigenvalue weighted by Crippen LogP contribution is 2.29. The smallest absolute Gasteiger partial charge is 0.340 e. The largest absolute Gasteiger partial charge is 0.494 e. The predicted octanol–water partition coefficient (Wildman–Crippen LogP) is 2.38. The van der Waals surface area contributed by atoms with E-state index in [0.717, 1.165) is 25.3 Å². The fourth-order valence-electron chi connectivity index (χ4n) is 2.53. The second kappa shape index (κ2) is 9.37. The zero-order chi connectivity index (χ0) is 21.6. The Morgan fingerprint density at radius 2 is 1.79 bits per heavy atom. The van der Waals surface area contributed by atoms with Crippen LogP contribution in [0.3, 0.4) is 0 Å². The number of methoxy groups -OCH3 is 2. The van der Waals surface area contributed by atoms with Gasteiger partial charge in [0.1, 0.15) is 6.54 Å². The SMILES string of the molecule is CCOC(=O)CN(c1ccccc1C(=O)OC)S(=O)(=O)c1ccc(OC)c(F)c1. The number of ether oxygens (including phenoxy) is 3. The summed E-state index contributed by atoms with van der Waals surface area (Å²) >= 11 is 0. The number of carbonyl (C=O) groups excluding carboxylic acids is 2. The van der Waals surface area contributed by atoms with Gasteiger partial charge in [0.2, 0.25) is 0 Å². The Hall–Kier alpha value is -3.14. The second-order valence-electron chi connectivity index (χ2n) is 5.62. The fourth-order valence-corrected chi connectivity index (χ4v) is 3.97. The highest BCUT2D eigenvalue weighted by atomic mass is 32.2. The van der Waals surface area contributed by atoms with Gasteiger partial charge in [-0.2, -0.15) is 0 Å². The average molecular weight is 425 g/mol. The third-order valence-electron chi connectivity index (χ3n) is 3.87. The van der Waals surface area contributed by atoms with Crippen LogP contribution in [-0.4, -0.2) is 47.7 Å². The first-order valence-corrected chi connectivity index (χ1v) is 9.89. The van der Waals surface area contributed by atoms with Crippen LogP contribution < -0.4 is 9.04 Å². The van der Waals surface area contributed by atoms with Gasteiger partial charge in [0.15, 0.2) is 11.6 Å². The van der Waals surface area contributed by atoms with Gasteiger partial charge in [-0.1, -0.05) is 12.1 Å². The van der Waals surface area contributed by atoms with Gasteiger partial charge in [-0.3, -0.25) is 9.10 Å². The number of hydrogen-bond acceptors (Lipinski definition) is 7. The molecule has 0 aliphatic heterocycles. The molecule has 0 bridgehead atoms. The highest BCUT2D eigenvalue weighted by molar-refractivity contribution is 7.92. The molecular formula is C19H20FNO7S. The molecule has 0 saturated carbocycles. The van der Waals surface area contributed by atoms with E-state index in [0.29, 0.717) is 4.31 Å². The van der Waals surface area contributed by atoms with Crippen molar-refractivity contribution in [3.8, 4) is 5.75 Å². The number of halogens is 1. The Labute approximate surface area is 167 Å². The normalized spacial score (nSPS) is 10.9. The van der Waals surface area contributed by atoms with Gasteiger partial charge in [0.05, 0.1) is 37.0 Å². The van der Waals surface area contributed by atoms with Crippen molar-refractivity contribution in [1.29, 1.82) is 0 Å². The molecule has 0 aliphatic carbocycles. The van der Waals surface area contributed by atoms with Crippen molar-refractivity contribution in [2.24, 2.45) is 0 Å². The van der Waals surface area contributed by atoms with Crippen LogP contribution in [0.15, 0.2) is 47.4 Å². The van der Waals surface area contributed by atoms with E-state index >= 15 is 0 Å². The molecule has 0 aromatic heterocycles. The minimum absolute atomic E-state index is 0.0303. The minimum Gasteiger partial charge on any atom is -0.494 e. The monoisotopic (exact) mass is 425 g/mol. The van der Waals surface area contributed by atoms with E-state index < -0.39 is 39.2 Å². The fraction of sp³-hybridized carbons (Fsp3) is 0.263. The van der Waals surface area contributed by atoms with Gasteiger partial charge in [-0.25, -0.2) is 17.6 Å². The van der Waals surface area contributed by atoms with Crippen LogP contribution in [0.1, 0.15) is 17.3 Å².